The summed E-state index contributed by atoms with van der Waals surface area (Å²) in [4.78, 5) is 0. The molecule has 144 valence electrons. The van der Waals surface area contributed by atoms with Crippen LogP contribution in [0.4, 0.5) is 0 Å². The van der Waals surface area contributed by atoms with Crippen LogP contribution in [0, 0.1) is 0 Å². The van der Waals surface area contributed by atoms with Crippen molar-refractivity contribution < 1.29 is 20.6 Å². The van der Waals surface area contributed by atoms with Gasteiger partial charge >= 0.3 is 35.0 Å². The third-order valence-corrected chi connectivity index (χ3v) is 25.7. The lowest BCUT2D eigenvalue weighted by Crippen LogP contribution is -2.62. The minimum atomic E-state index is -2.30. The van der Waals surface area contributed by atoms with Crippen LogP contribution in [0.1, 0.15) is 48.5 Å². The van der Waals surface area contributed by atoms with Crippen LogP contribution in [0.2, 0.25) is 42.3 Å². The maximum Gasteiger partial charge on any atom is 0.320 e. The zero-order valence-corrected chi connectivity index (χ0v) is 22.3. The number of rotatable bonds is 7. The molecule has 0 N–H and O–H groups in total. The summed E-state index contributed by atoms with van der Waals surface area (Å²) >= 11 is 0. The van der Waals surface area contributed by atoms with Crippen molar-refractivity contribution in [3.8, 4) is 0 Å². The van der Waals surface area contributed by atoms with Crippen molar-refractivity contribution in [1.29, 1.82) is 0 Å². The number of hydrogen-bond acceptors (Lipinski definition) is 5. The van der Waals surface area contributed by atoms with E-state index in [9.17, 15) is 0 Å². The van der Waals surface area contributed by atoms with Crippen LogP contribution >= 0.6 is 0 Å². The fraction of sp³-hybridized carbons (Fsp3) is 1.00. The SMILES string of the molecule is CC[SiH]1O[SiH2]O[Si](CC)(CC)O[Si](CC)(CC)O[Si](CC)(CC)O1. The summed E-state index contributed by atoms with van der Waals surface area (Å²) < 4.78 is 33.0. The van der Waals surface area contributed by atoms with Gasteiger partial charge in [-0.3, -0.25) is 0 Å². The molecule has 5 nitrogen and oxygen atoms in total. The monoisotopic (exact) mass is 426 g/mol. The van der Waals surface area contributed by atoms with Crippen LogP contribution in [0.25, 0.3) is 0 Å². The zero-order valence-electron chi connectivity index (χ0n) is 16.8. The predicted octanol–water partition coefficient (Wildman–Crippen LogP) is 3.77. The Morgan fingerprint density at radius 2 is 1.12 bits per heavy atom. The van der Waals surface area contributed by atoms with Gasteiger partial charge in [0.1, 0.15) is 0 Å². The minimum absolute atomic E-state index is 0.973. The second kappa shape index (κ2) is 10.3. The quantitative estimate of drug-likeness (QED) is 0.580. The van der Waals surface area contributed by atoms with Crippen LogP contribution in [-0.4, -0.2) is 45.0 Å². The van der Waals surface area contributed by atoms with E-state index >= 15 is 0 Å². The molecule has 24 heavy (non-hydrogen) atoms. The van der Waals surface area contributed by atoms with E-state index in [1.54, 1.807) is 0 Å². The molecule has 10 heteroatoms. The molecule has 0 aromatic heterocycles. The smallest absolute Gasteiger partial charge is 0.320 e. The van der Waals surface area contributed by atoms with E-state index in [1.165, 1.54) is 0 Å². The minimum Gasteiger partial charge on any atom is -0.422 e. The molecule has 0 bridgehead atoms. The Balaban J connectivity index is 3.28. The van der Waals surface area contributed by atoms with Crippen LogP contribution < -0.4 is 0 Å². The average molecular weight is 427 g/mol. The molecule has 0 aromatic carbocycles. The van der Waals surface area contributed by atoms with Crippen molar-refractivity contribution in [1.82, 2.24) is 0 Å². The Morgan fingerprint density at radius 3 is 1.54 bits per heavy atom. The van der Waals surface area contributed by atoms with E-state index < -0.39 is 45.0 Å². The molecule has 0 saturated carbocycles. The highest BCUT2D eigenvalue weighted by molar-refractivity contribution is 6.89. The highest BCUT2D eigenvalue weighted by Crippen LogP contribution is 2.35. The zero-order chi connectivity index (χ0) is 18.3. The van der Waals surface area contributed by atoms with Crippen LogP contribution in [0.5, 0.6) is 0 Å². The van der Waals surface area contributed by atoms with Gasteiger partial charge in [0.15, 0.2) is 0 Å². The Kier molecular flexibility index (Phi) is 9.82. The first-order valence-corrected chi connectivity index (χ1v) is 19.4. The second-order valence-electron chi connectivity index (χ2n) is 6.44. The fourth-order valence-corrected chi connectivity index (χ4v) is 26.3. The Hall–Kier alpha value is 0.884. The predicted molar refractivity (Wildman–Crippen MR) is 112 cm³/mol. The molecule has 0 radical (unpaired) electrons. The van der Waals surface area contributed by atoms with Gasteiger partial charge in [0, 0.05) is 0 Å². The first kappa shape index (κ1) is 22.9. The molecule has 0 amide bonds. The lowest BCUT2D eigenvalue weighted by Gasteiger charge is -2.46. The molecular formula is C14H38O5Si5. The van der Waals surface area contributed by atoms with Crippen molar-refractivity contribution in [3.05, 3.63) is 0 Å². The van der Waals surface area contributed by atoms with Crippen molar-refractivity contribution in [2.45, 2.75) is 90.8 Å². The summed E-state index contributed by atoms with van der Waals surface area (Å²) in [6.07, 6.45) is 0. The third-order valence-electron chi connectivity index (χ3n) is 5.23. The van der Waals surface area contributed by atoms with E-state index in [2.05, 4.69) is 48.5 Å². The van der Waals surface area contributed by atoms with Crippen molar-refractivity contribution in [3.63, 3.8) is 0 Å². The molecule has 1 saturated heterocycles. The van der Waals surface area contributed by atoms with Crippen molar-refractivity contribution in [2.75, 3.05) is 0 Å². The van der Waals surface area contributed by atoms with E-state index in [-0.39, 0.29) is 0 Å². The maximum atomic E-state index is 6.95. The summed E-state index contributed by atoms with van der Waals surface area (Å²) in [6, 6.07) is 6.83. The molecule has 1 aliphatic rings. The van der Waals surface area contributed by atoms with Gasteiger partial charge < -0.3 is 20.6 Å². The largest absolute Gasteiger partial charge is 0.422 e. The lowest BCUT2D eigenvalue weighted by molar-refractivity contribution is 0.245. The van der Waals surface area contributed by atoms with Crippen LogP contribution in [-0.2, 0) is 20.6 Å². The van der Waals surface area contributed by atoms with E-state index in [0.717, 1.165) is 42.3 Å². The summed E-state index contributed by atoms with van der Waals surface area (Å²) in [6.45, 7) is 15.5. The summed E-state index contributed by atoms with van der Waals surface area (Å²) in [5.41, 5.74) is 0. The van der Waals surface area contributed by atoms with Gasteiger partial charge in [-0.25, -0.2) is 0 Å². The molecule has 1 unspecified atom stereocenters. The molecule has 1 rings (SSSR count). The van der Waals surface area contributed by atoms with Crippen molar-refractivity contribution in [2.24, 2.45) is 0 Å². The first-order chi connectivity index (χ1) is 11.4. The van der Waals surface area contributed by atoms with Crippen LogP contribution in [0.15, 0.2) is 0 Å². The summed E-state index contributed by atoms with van der Waals surface area (Å²) in [5.74, 6) is 0. The Morgan fingerprint density at radius 1 is 0.667 bits per heavy atom. The van der Waals surface area contributed by atoms with Gasteiger partial charge in [-0.1, -0.05) is 48.5 Å². The van der Waals surface area contributed by atoms with Gasteiger partial charge in [0.25, 0.3) is 10.0 Å². The topological polar surface area (TPSA) is 46.2 Å². The molecule has 0 aliphatic carbocycles. The summed E-state index contributed by atoms with van der Waals surface area (Å²) in [5, 5.41) is 0. The van der Waals surface area contributed by atoms with E-state index in [4.69, 9.17) is 20.6 Å². The average Bonchev–Trinajstić information content (AvgIpc) is 2.64. The molecule has 1 heterocycles. The molecule has 1 aliphatic heterocycles. The van der Waals surface area contributed by atoms with E-state index in [0.29, 0.717) is 0 Å². The molecule has 1 fully saturated rings. The lowest BCUT2D eigenvalue weighted by atomic mass is 10.9. The molecular weight excluding hydrogens is 389 g/mol. The molecule has 0 spiro atoms. The summed E-state index contributed by atoms with van der Waals surface area (Å²) in [7, 11) is -9.49. The highest BCUT2D eigenvalue weighted by Gasteiger charge is 2.51. The Labute approximate surface area is 156 Å². The highest BCUT2D eigenvalue weighted by atomic mass is 28.5. The van der Waals surface area contributed by atoms with Gasteiger partial charge in [-0.05, 0) is 42.3 Å². The third kappa shape index (κ3) is 5.44. The number of hydrogen-bond donors (Lipinski definition) is 0. The first-order valence-electron chi connectivity index (χ1n) is 9.75. The molecule has 1 atom stereocenters. The normalized spacial score (nSPS) is 27.9. The maximum absolute atomic E-state index is 6.95. The standard InChI is InChI=1S/C14H38O5Si5/c1-8-21-15-20-16-22(9-2,10-3)18-24(13-6,14-7)19-23(11-4,12-5)17-21/h21H,8-14,20H2,1-7H3. The van der Waals surface area contributed by atoms with E-state index in [1.807, 2.05) is 0 Å². The molecule has 0 aromatic rings. The van der Waals surface area contributed by atoms with Gasteiger partial charge in [-0.2, -0.15) is 0 Å². The fourth-order valence-electron chi connectivity index (χ4n) is 3.14. The van der Waals surface area contributed by atoms with Crippen LogP contribution in [0.3, 0.4) is 0 Å². The second-order valence-corrected chi connectivity index (χ2v) is 23.1. The Bertz CT molecular complexity index is 361. The van der Waals surface area contributed by atoms with Gasteiger partial charge in [-0.15, -0.1) is 0 Å². The van der Waals surface area contributed by atoms with Gasteiger partial charge in [0.05, 0.1) is 0 Å². The van der Waals surface area contributed by atoms with Crippen molar-refractivity contribution >= 4 is 45.0 Å². The van der Waals surface area contributed by atoms with Gasteiger partial charge in [0.2, 0.25) is 0 Å².